The molecule has 1 fully saturated rings. The SMILES string of the molecule is CNC(c1cc2c(cc1F)NC(=O)CC2)C1CC1(C)C. The maximum atomic E-state index is 14.4. The van der Waals surface area contributed by atoms with E-state index in [9.17, 15) is 9.18 Å². The number of hydrogen-bond donors (Lipinski definition) is 2. The zero-order valence-corrected chi connectivity index (χ0v) is 12.2. The second kappa shape index (κ2) is 4.55. The van der Waals surface area contributed by atoms with E-state index in [1.54, 1.807) is 0 Å². The van der Waals surface area contributed by atoms with Crippen molar-refractivity contribution >= 4 is 11.6 Å². The molecule has 1 aromatic carbocycles. The number of anilines is 1. The molecule has 1 saturated carbocycles. The van der Waals surface area contributed by atoms with Gasteiger partial charge in [0.05, 0.1) is 0 Å². The number of amides is 1. The first-order valence-electron chi connectivity index (χ1n) is 7.22. The van der Waals surface area contributed by atoms with Crippen molar-refractivity contribution in [2.75, 3.05) is 12.4 Å². The molecule has 3 rings (SSSR count). The van der Waals surface area contributed by atoms with Gasteiger partial charge < -0.3 is 10.6 Å². The normalized spacial score (nSPS) is 24.8. The number of hydrogen-bond acceptors (Lipinski definition) is 2. The Morgan fingerprint density at radius 1 is 1.40 bits per heavy atom. The van der Waals surface area contributed by atoms with Gasteiger partial charge >= 0.3 is 0 Å². The Morgan fingerprint density at radius 3 is 2.70 bits per heavy atom. The molecule has 20 heavy (non-hydrogen) atoms. The first kappa shape index (κ1) is 13.6. The molecule has 0 aromatic heterocycles. The van der Waals surface area contributed by atoms with Crippen LogP contribution >= 0.6 is 0 Å². The van der Waals surface area contributed by atoms with E-state index in [1.165, 1.54) is 6.07 Å². The van der Waals surface area contributed by atoms with Gasteiger partial charge in [0, 0.05) is 23.7 Å². The van der Waals surface area contributed by atoms with Gasteiger partial charge in [-0.1, -0.05) is 13.8 Å². The van der Waals surface area contributed by atoms with Crippen molar-refractivity contribution in [2.24, 2.45) is 11.3 Å². The number of aryl methyl sites for hydroxylation is 1. The highest BCUT2D eigenvalue weighted by Crippen LogP contribution is 2.58. The van der Waals surface area contributed by atoms with Gasteiger partial charge in [-0.25, -0.2) is 4.39 Å². The third-order valence-electron chi connectivity index (χ3n) is 4.76. The number of carbonyl (C=O) groups is 1. The Bertz CT molecular complexity index is 568. The fraction of sp³-hybridized carbons (Fsp3) is 0.562. The lowest BCUT2D eigenvalue weighted by molar-refractivity contribution is -0.116. The van der Waals surface area contributed by atoms with Crippen LogP contribution in [0.25, 0.3) is 0 Å². The molecule has 0 bridgehead atoms. The molecule has 1 aliphatic heterocycles. The highest BCUT2D eigenvalue weighted by molar-refractivity contribution is 5.93. The van der Waals surface area contributed by atoms with E-state index < -0.39 is 0 Å². The first-order chi connectivity index (χ1) is 9.42. The molecule has 1 aromatic rings. The van der Waals surface area contributed by atoms with Crippen LogP contribution in [-0.4, -0.2) is 13.0 Å². The van der Waals surface area contributed by atoms with Crippen LogP contribution in [0.5, 0.6) is 0 Å². The second-order valence-electron chi connectivity index (χ2n) is 6.64. The summed E-state index contributed by atoms with van der Waals surface area (Å²) in [7, 11) is 1.89. The lowest BCUT2D eigenvalue weighted by Gasteiger charge is -2.23. The molecular formula is C16H21FN2O. The fourth-order valence-corrected chi connectivity index (χ4v) is 3.31. The molecule has 4 heteroatoms. The number of fused-ring (bicyclic) bond motifs is 1. The molecule has 0 spiro atoms. The summed E-state index contributed by atoms with van der Waals surface area (Å²) >= 11 is 0. The Balaban J connectivity index is 1.95. The quantitative estimate of drug-likeness (QED) is 0.891. The predicted octanol–water partition coefficient (Wildman–Crippen LogP) is 3.02. The van der Waals surface area contributed by atoms with Crippen molar-refractivity contribution in [3.8, 4) is 0 Å². The molecule has 0 radical (unpaired) electrons. The minimum atomic E-state index is -0.229. The summed E-state index contributed by atoms with van der Waals surface area (Å²) in [5.41, 5.74) is 2.69. The zero-order valence-electron chi connectivity index (χ0n) is 12.2. The van der Waals surface area contributed by atoms with Crippen LogP contribution in [0.15, 0.2) is 12.1 Å². The Labute approximate surface area is 118 Å². The molecule has 1 heterocycles. The van der Waals surface area contributed by atoms with E-state index in [0.717, 1.165) is 17.5 Å². The van der Waals surface area contributed by atoms with Crippen LogP contribution in [-0.2, 0) is 11.2 Å². The van der Waals surface area contributed by atoms with Gasteiger partial charge in [0.25, 0.3) is 0 Å². The van der Waals surface area contributed by atoms with Crippen molar-refractivity contribution in [3.63, 3.8) is 0 Å². The summed E-state index contributed by atoms with van der Waals surface area (Å²) in [5.74, 6) is 0.212. The van der Waals surface area contributed by atoms with Crippen molar-refractivity contribution in [1.29, 1.82) is 0 Å². The third-order valence-corrected chi connectivity index (χ3v) is 4.76. The monoisotopic (exact) mass is 276 g/mol. The molecule has 2 atom stereocenters. The minimum absolute atomic E-state index is 0.0295. The molecule has 1 aliphatic carbocycles. The van der Waals surface area contributed by atoms with Crippen LogP contribution in [0.3, 0.4) is 0 Å². The number of halogens is 1. The molecule has 108 valence electrons. The largest absolute Gasteiger partial charge is 0.326 e. The number of rotatable bonds is 3. The summed E-state index contributed by atoms with van der Waals surface area (Å²) in [6, 6.07) is 3.45. The van der Waals surface area contributed by atoms with Crippen molar-refractivity contribution in [1.82, 2.24) is 5.32 Å². The molecule has 2 N–H and O–H groups in total. The van der Waals surface area contributed by atoms with E-state index in [1.807, 2.05) is 13.1 Å². The maximum absolute atomic E-state index is 14.4. The molecule has 0 saturated heterocycles. The standard InChI is InChI=1S/C16H21FN2O/c1-16(2)8-11(16)15(18-3)10-6-9-4-5-14(20)19-13(9)7-12(10)17/h6-7,11,15,18H,4-5,8H2,1-3H3,(H,19,20). The highest BCUT2D eigenvalue weighted by atomic mass is 19.1. The molecule has 2 unspecified atom stereocenters. The van der Waals surface area contributed by atoms with Gasteiger partial charge in [0.2, 0.25) is 5.91 Å². The summed E-state index contributed by atoms with van der Waals surface area (Å²) < 4.78 is 14.4. The van der Waals surface area contributed by atoms with Gasteiger partial charge in [0.1, 0.15) is 5.82 Å². The number of carbonyl (C=O) groups excluding carboxylic acids is 1. The summed E-state index contributed by atoms with van der Waals surface area (Å²) in [5, 5.41) is 6.01. The zero-order chi connectivity index (χ0) is 14.5. The van der Waals surface area contributed by atoms with E-state index in [4.69, 9.17) is 0 Å². The topological polar surface area (TPSA) is 41.1 Å². The Kier molecular flexibility index (Phi) is 3.09. The van der Waals surface area contributed by atoms with Gasteiger partial charge in [-0.3, -0.25) is 4.79 Å². The summed E-state index contributed by atoms with van der Waals surface area (Å²) in [6.07, 6.45) is 2.29. The maximum Gasteiger partial charge on any atom is 0.224 e. The van der Waals surface area contributed by atoms with Crippen LogP contribution in [0, 0.1) is 17.2 Å². The van der Waals surface area contributed by atoms with Crippen LogP contribution < -0.4 is 10.6 Å². The average molecular weight is 276 g/mol. The van der Waals surface area contributed by atoms with Gasteiger partial charge in [0.15, 0.2) is 0 Å². The third kappa shape index (κ3) is 2.22. The fourth-order valence-electron chi connectivity index (χ4n) is 3.31. The molecular weight excluding hydrogens is 255 g/mol. The number of nitrogens with one attached hydrogen (secondary N) is 2. The Hall–Kier alpha value is -1.42. The van der Waals surface area contributed by atoms with Crippen LogP contribution in [0.2, 0.25) is 0 Å². The first-order valence-corrected chi connectivity index (χ1v) is 7.22. The smallest absolute Gasteiger partial charge is 0.224 e. The van der Waals surface area contributed by atoms with Crippen molar-refractivity contribution in [2.45, 2.75) is 39.2 Å². The lowest BCUT2D eigenvalue weighted by atomic mass is 9.92. The average Bonchev–Trinajstić information content (AvgIpc) is 3.00. The van der Waals surface area contributed by atoms with E-state index in [-0.39, 0.29) is 23.2 Å². The van der Waals surface area contributed by atoms with E-state index >= 15 is 0 Å². The lowest BCUT2D eigenvalue weighted by Crippen LogP contribution is -2.24. The van der Waals surface area contributed by atoms with Crippen molar-refractivity contribution < 1.29 is 9.18 Å². The highest BCUT2D eigenvalue weighted by Gasteiger charge is 2.50. The molecule has 2 aliphatic rings. The van der Waals surface area contributed by atoms with E-state index in [2.05, 4.69) is 24.5 Å². The minimum Gasteiger partial charge on any atom is -0.326 e. The van der Waals surface area contributed by atoms with Gasteiger partial charge in [-0.05, 0) is 48.9 Å². The second-order valence-corrected chi connectivity index (χ2v) is 6.64. The van der Waals surface area contributed by atoms with Crippen molar-refractivity contribution in [3.05, 3.63) is 29.1 Å². The summed E-state index contributed by atoms with van der Waals surface area (Å²) in [6.45, 7) is 4.44. The van der Waals surface area contributed by atoms with E-state index in [0.29, 0.717) is 24.4 Å². The molecule has 3 nitrogen and oxygen atoms in total. The number of benzene rings is 1. The van der Waals surface area contributed by atoms with Crippen LogP contribution in [0.1, 0.15) is 43.9 Å². The summed E-state index contributed by atoms with van der Waals surface area (Å²) in [4.78, 5) is 11.4. The van der Waals surface area contributed by atoms with Gasteiger partial charge in [-0.15, -0.1) is 0 Å². The molecule has 1 amide bonds. The Morgan fingerprint density at radius 2 is 2.10 bits per heavy atom. The van der Waals surface area contributed by atoms with Gasteiger partial charge in [-0.2, -0.15) is 0 Å². The predicted molar refractivity (Wildman–Crippen MR) is 77.0 cm³/mol. The van der Waals surface area contributed by atoms with Crippen LogP contribution in [0.4, 0.5) is 10.1 Å².